The molecule has 0 aliphatic heterocycles. The molecule has 1 N–H and O–H groups in total. The molecule has 1 rings (SSSR count). The van der Waals surface area contributed by atoms with Gasteiger partial charge in [0.1, 0.15) is 0 Å². The van der Waals surface area contributed by atoms with Crippen LogP contribution >= 0.6 is 11.6 Å². The van der Waals surface area contributed by atoms with Crippen molar-refractivity contribution < 1.29 is 4.79 Å². The van der Waals surface area contributed by atoms with E-state index in [1.54, 1.807) is 0 Å². The minimum atomic E-state index is -0.213. The zero-order chi connectivity index (χ0) is 10.6. The van der Waals surface area contributed by atoms with Gasteiger partial charge < -0.3 is 5.32 Å². The highest BCUT2D eigenvalue weighted by atomic mass is 35.5. The Hall–Kier alpha value is -1.02. The van der Waals surface area contributed by atoms with Gasteiger partial charge in [0, 0.05) is 10.6 Å². The van der Waals surface area contributed by atoms with Crippen molar-refractivity contribution in [2.45, 2.75) is 25.8 Å². The predicted molar refractivity (Wildman–Crippen MR) is 58.4 cm³/mol. The molecule has 0 spiro atoms. The van der Waals surface area contributed by atoms with Gasteiger partial charge in [0.25, 0.3) is 0 Å². The van der Waals surface area contributed by atoms with Crippen molar-refractivity contribution in [1.29, 1.82) is 0 Å². The molecular formula is C11H14ClNO. The standard InChI is InChI=1S/C11H14ClNO/c1-11(2,13-8-14)7-9-3-5-10(12)6-4-9/h3-6,8H,7H2,1-2H3,(H,13,14). The molecule has 0 bridgehead atoms. The Morgan fingerprint density at radius 3 is 2.43 bits per heavy atom. The first kappa shape index (κ1) is 11.1. The summed E-state index contributed by atoms with van der Waals surface area (Å²) < 4.78 is 0. The van der Waals surface area contributed by atoms with Crippen LogP contribution in [0.2, 0.25) is 5.02 Å². The maximum Gasteiger partial charge on any atom is 0.207 e. The largest absolute Gasteiger partial charge is 0.353 e. The molecule has 0 fully saturated rings. The highest BCUT2D eigenvalue weighted by molar-refractivity contribution is 6.30. The third-order valence-electron chi connectivity index (χ3n) is 2.01. The molecule has 1 aromatic carbocycles. The first-order valence-electron chi connectivity index (χ1n) is 4.49. The van der Waals surface area contributed by atoms with Crippen molar-refractivity contribution in [2.75, 3.05) is 0 Å². The van der Waals surface area contributed by atoms with Gasteiger partial charge in [0.15, 0.2) is 0 Å². The topological polar surface area (TPSA) is 29.1 Å². The van der Waals surface area contributed by atoms with E-state index >= 15 is 0 Å². The van der Waals surface area contributed by atoms with E-state index in [0.717, 1.165) is 23.4 Å². The van der Waals surface area contributed by atoms with Crippen molar-refractivity contribution >= 4 is 18.0 Å². The zero-order valence-electron chi connectivity index (χ0n) is 8.38. The maximum absolute atomic E-state index is 10.3. The highest BCUT2D eigenvalue weighted by Gasteiger charge is 2.16. The molecule has 3 heteroatoms. The molecule has 0 aromatic heterocycles. The lowest BCUT2D eigenvalue weighted by atomic mass is 9.95. The molecule has 1 aromatic rings. The molecule has 14 heavy (non-hydrogen) atoms. The molecule has 2 nitrogen and oxygen atoms in total. The molecule has 0 aliphatic carbocycles. The third kappa shape index (κ3) is 3.38. The van der Waals surface area contributed by atoms with Crippen molar-refractivity contribution in [3.8, 4) is 0 Å². The van der Waals surface area contributed by atoms with Crippen LogP contribution in [0.15, 0.2) is 24.3 Å². The Kier molecular flexibility index (Phi) is 3.53. The van der Waals surface area contributed by atoms with Crippen molar-refractivity contribution in [3.63, 3.8) is 0 Å². The quantitative estimate of drug-likeness (QED) is 0.762. The Labute approximate surface area is 89.3 Å². The van der Waals surface area contributed by atoms with Gasteiger partial charge in [-0.05, 0) is 38.0 Å². The van der Waals surface area contributed by atoms with Crippen LogP contribution in [0.1, 0.15) is 19.4 Å². The fourth-order valence-corrected chi connectivity index (χ4v) is 1.45. The van der Waals surface area contributed by atoms with Gasteiger partial charge in [-0.2, -0.15) is 0 Å². The minimum absolute atomic E-state index is 0.213. The Morgan fingerprint density at radius 2 is 1.93 bits per heavy atom. The van der Waals surface area contributed by atoms with Gasteiger partial charge in [-0.25, -0.2) is 0 Å². The van der Waals surface area contributed by atoms with E-state index in [4.69, 9.17) is 11.6 Å². The number of nitrogens with one attached hydrogen (secondary N) is 1. The van der Waals surface area contributed by atoms with Gasteiger partial charge >= 0.3 is 0 Å². The van der Waals surface area contributed by atoms with Gasteiger partial charge in [-0.1, -0.05) is 23.7 Å². The van der Waals surface area contributed by atoms with Crippen molar-refractivity contribution in [2.24, 2.45) is 0 Å². The fraction of sp³-hybridized carbons (Fsp3) is 0.364. The summed E-state index contributed by atoms with van der Waals surface area (Å²) in [4.78, 5) is 10.3. The van der Waals surface area contributed by atoms with E-state index in [1.807, 2.05) is 38.1 Å². The molecule has 0 saturated heterocycles. The molecule has 0 saturated carbocycles. The second kappa shape index (κ2) is 4.47. The van der Waals surface area contributed by atoms with E-state index in [-0.39, 0.29) is 5.54 Å². The number of hydrogen-bond donors (Lipinski definition) is 1. The molecule has 0 aliphatic rings. The zero-order valence-corrected chi connectivity index (χ0v) is 9.14. The Balaban J connectivity index is 2.68. The van der Waals surface area contributed by atoms with Gasteiger partial charge in [-0.3, -0.25) is 4.79 Å². The predicted octanol–water partition coefficient (Wildman–Crippen LogP) is 2.41. The number of carbonyl (C=O) groups excluding carboxylic acids is 1. The first-order chi connectivity index (χ1) is 6.53. The van der Waals surface area contributed by atoms with E-state index < -0.39 is 0 Å². The minimum Gasteiger partial charge on any atom is -0.353 e. The number of carbonyl (C=O) groups is 1. The second-order valence-electron chi connectivity index (χ2n) is 3.95. The summed E-state index contributed by atoms with van der Waals surface area (Å²) in [6, 6.07) is 7.65. The number of rotatable bonds is 4. The number of benzene rings is 1. The Bertz CT molecular complexity index is 306. The van der Waals surface area contributed by atoms with Crippen LogP contribution < -0.4 is 5.32 Å². The summed E-state index contributed by atoms with van der Waals surface area (Å²) >= 11 is 5.77. The van der Waals surface area contributed by atoms with E-state index in [1.165, 1.54) is 0 Å². The van der Waals surface area contributed by atoms with E-state index in [9.17, 15) is 4.79 Å². The van der Waals surface area contributed by atoms with E-state index in [2.05, 4.69) is 5.32 Å². The summed E-state index contributed by atoms with van der Waals surface area (Å²) in [6.07, 6.45) is 1.53. The number of hydrogen-bond acceptors (Lipinski definition) is 1. The van der Waals surface area contributed by atoms with Crippen LogP contribution in [-0.2, 0) is 11.2 Å². The summed E-state index contributed by atoms with van der Waals surface area (Å²) in [5, 5.41) is 3.50. The van der Waals surface area contributed by atoms with Crippen molar-refractivity contribution in [1.82, 2.24) is 5.32 Å². The lowest BCUT2D eigenvalue weighted by Crippen LogP contribution is -2.40. The highest BCUT2D eigenvalue weighted by Crippen LogP contribution is 2.15. The van der Waals surface area contributed by atoms with Gasteiger partial charge in [0.05, 0.1) is 0 Å². The summed E-state index contributed by atoms with van der Waals surface area (Å²) in [5.41, 5.74) is 0.948. The number of halogens is 1. The summed E-state index contributed by atoms with van der Waals surface area (Å²) in [6.45, 7) is 3.96. The molecule has 0 radical (unpaired) electrons. The first-order valence-corrected chi connectivity index (χ1v) is 4.87. The Morgan fingerprint density at radius 1 is 1.36 bits per heavy atom. The SMILES string of the molecule is CC(C)(Cc1ccc(Cl)cc1)NC=O. The van der Waals surface area contributed by atoms with Gasteiger partial charge in [-0.15, -0.1) is 0 Å². The maximum atomic E-state index is 10.3. The molecule has 1 amide bonds. The summed E-state index contributed by atoms with van der Waals surface area (Å²) in [5.74, 6) is 0. The van der Waals surface area contributed by atoms with Crippen LogP contribution in [0.3, 0.4) is 0 Å². The van der Waals surface area contributed by atoms with Crippen molar-refractivity contribution in [3.05, 3.63) is 34.9 Å². The normalized spacial score (nSPS) is 11.1. The molecule has 0 heterocycles. The van der Waals surface area contributed by atoms with Crippen LogP contribution in [0.25, 0.3) is 0 Å². The smallest absolute Gasteiger partial charge is 0.207 e. The summed E-state index contributed by atoms with van der Waals surface area (Å²) in [7, 11) is 0. The lowest BCUT2D eigenvalue weighted by Gasteiger charge is -2.23. The second-order valence-corrected chi connectivity index (χ2v) is 4.39. The molecule has 76 valence electrons. The molecule has 0 atom stereocenters. The average Bonchev–Trinajstić information content (AvgIpc) is 2.08. The van der Waals surface area contributed by atoms with Gasteiger partial charge in [0.2, 0.25) is 6.41 Å². The van der Waals surface area contributed by atoms with Crippen LogP contribution in [-0.4, -0.2) is 11.9 Å². The fourth-order valence-electron chi connectivity index (χ4n) is 1.32. The van der Waals surface area contributed by atoms with E-state index in [0.29, 0.717) is 0 Å². The average molecular weight is 212 g/mol. The van der Waals surface area contributed by atoms with Crippen LogP contribution in [0.5, 0.6) is 0 Å². The number of amides is 1. The monoisotopic (exact) mass is 211 g/mol. The third-order valence-corrected chi connectivity index (χ3v) is 2.26. The molecular weight excluding hydrogens is 198 g/mol. The lowest BCUT2D eigenvalue weighted by molar-refractivity contribution is -0.110. The molecule has 0 unspecified atom stereocenters. The van der Waals surface area contributed by atoms with Crippen LogP contribution in [0.4, 0.5) is 0 Å². The van der Waals surface area contributed by atoms with Crippen LogP contribution in [0, 0.1) is 0 Å².